The molecule has 1 heteroatoms. The van der Waals surface area contributed by atoms with Crippen molar-refractivity contribution in [1.29, 1.82) is 0 Å². The highest BCUT2D eigenvalue weighted by atomic mass is 14.6. The van der Waals surface area contributed by atoms with E-state index in [0.717, 1.165) is 12.8 Å². The summed E-state index contributed by atoms with van der Waals surface area (Å²) < 4.78 is 0. The van der Waals surface area contributed by atoms with Crippen molar-refractivity contribution in [2.24, 2.45) is 5.73 Å². The van der Waals surface area contributed by atoms with E-state index in [0.29, 0.717) is 5.92 Å². The molecule has 0 fully saturated rings. The van der Waals surface area contributed by atoms with Gasteiger partial charge < -0.3 is 5.73 Å². The smallest absolute Gasteiger partial charge is 0.0303 e. The molecule has 2 aromatic carbocycles. The standard InChI is InChI=1S/C16H17N/c17-16-11-14(12-6-2-1-3-7-12)10-13-8-4-5-9-15(13)16/h1-9,14,16H,10-11,17H2/t14-,16-/m1/s1. The molecule has 2 aromatic rings. The third-order valence-corrected chi connectivity index (χ3v) is 3.73. The van der Waals surface area contributed by atoms with E-state index in [2.05, 4.69) is 54.6 Å². The fourth-order valence-corrected chi connectivity index (χ4v) is 2.84. The SMILES string of the molecule is N[C@@H]1C[C@H](c2ccccc2)Cc2ccccc21. The highest BCUT2D eigenvalue weighted by Gasteiger charge is 2.24. The van der Waals surface area contributed by atoms with Gasteiger partial charge in [-0.25, -0.2) is 0 Å². The zero-order chi connectivity index (χ0) is 11.7. The minimum Gasteiger partial charge on any atom is -0.324 e. The van der Waals surface area contributed by atoms with Crippen LogP contribution in [0.25, 0.3) is 0 Å². The third kappa shape index (κ3) is 1.98. The summed E-state index contributed by atoms with van der Waals surface area (Å²) in [6.45, 7) is 0. The summed E-state index contributed by atoms with van der Waals surface area (Å²) in [5, 5.41) is 0. The maximum Gasteiger partial charge on any atom is 0.0303 e. The zero-order valence-electron chi connectivity index (χ0n) is 9.84. The quantitative estimate of drug-likeness (QED) is 0.787. The predicted octanol–water partition coefficient (Wildman–Crippen LogP) is 3.42. The van der Waals surface area contributed by atoms with Crippen molar-refractivity contribution in [2.45, 2.75) is 24.8 Å². The molecule has 0 amide bonds. The Labute approximate surface area is 102 Å². The second kappa shape index (κ2) is 4.34. The van der Waals surface area contributed by atoms with Crippen LogP contribution in [0.15, 0.2) is 54.6 Å². The van der Waals surface area contributed by atoms with Gasteiger partial charge in [-0.15, -0.1) is 0 Å². The molecule has 0 radical (unpaired) electrons. The van der Waals surface area contributed by atoms with E-state index in [4.69, 9.17) is 5.73 Å². The molecule has 17 heavy (non-hydrogen) atoms. The molecule has 0 saturated heterocycles. The van der Waals surface area contributed by atoms with Gasteiger partial charge in [0.1, 0.15) is 0 Å². The minimum atomic E-state index is 0.185. The van der Waals surface area contributed by atoms with Crippen LogP contribution in [0.3, 0.4) is 0 Å². The predicted molar refractivity (Wildman–Crippen MR) is 70.9 cm³/mol. The molecule has 2 atom stereocenters. The first kappa shape index (κ1) is 10.5. The first-order valence-corrected chi connectivity index (χ1v) is 6.23. The Bertz CT molecular complexity index is 504. The Kier molecular flexibility index (Phi) is 2.69. The average Bonchev–Trinajstić information content (AvgIpc) is 2.40. The first-order valence-electron chi connectivity index (χ1n) is 6.23. The highest BCUT2D eigenvalue weighted by Crippen LogP contribution is 2.36. The van der Waals surface area contributed by atoms with Crippen molar-refractivity contribution in [3.8, 4) is 0 Å². The molecule has 3 rings (SSSR count). The first-order chi connectivity index (χ1) is 8.34. The van der Waals surface area contributed by atoms with Gasteiger partial charge in [0.25, 0.3) is 0 Å². The van der Waals surface area contributed by atoms with Gasteiger partial charge in [-0.05, 0) is 35.4 Å². The number of benzene rings is 2. The lowest BCUT2D eigenvalue weighted by Crippen LogP contribution is -2.22. The van der Waals surface area contributed by atoms with Crippen LogP contribution in [0, 0.1) is 0 Å². The van der Waals surface area contributed by atoms with Gasteiger partial charge in [0.15, 0.2) is 0 Å². The van der Waals surface area contributed by atoms with Gasteiger partial charge in [0.05, 0.1) is 0 Å². The van der Waals surface area contributed by atoms with E-state index in [9.17, 15) is 0 Å². The molecule has 0 aromatic heterocycles. The van der Waals surface area contributed by atoms with Crippen LogP contribution in [0.5, 0.6) is 0 Å². The molecule has 0 spiro atoms. The van der Waals surface area contributed by atoms with E-state index < -0.39 is 0 Å². The van der Waals surface area contributed by atoms with E-state index in [1.54, 1.807) is 0 Å². The third-order valence-electron chi connectivity index (χ3n) is 3.73. The molecule has 1 nitrogen and oxygen atoms in total. The van der Waals surface area contributed by atoms with Gasteiger partial charge in [-0.1, -0.05) is 54.6 Å². The summed E-state index contributed by atoms with van der Waals surface area (Å²) in [6, 6.07) is 19.5. The Balaban J connectivity index is 1.94. The lowest BCUT2D eigenvalue weighted by Gasteiger charge is -2.29. The Hall–Kier alpha value is -1.60. The number of hydrogen-bond acceptors (Lipinski definition) is 1. The molecule has 0 bridgehead atoms. The molecule has 0 saturated carbocycles. The van der Waals surface area contributed by atoms with Crippen LogP contribution < -0.4 is 5.73 Å². The summed E-state index contributed by atoms with van der Waals surface area (Å²) in [6.07, 6.45) is 2.18. The molecule has 1 aliphatic carbocycles. The summed E-state index contributed by atoms with van der Waals surface area (Å²) in [4.78, 5) is 0. The summed E-state index contributed by atoms with van der Waals surface area (Å²) in [5.74, 6) is 0.570. The molecular weight excluding hydrogens is 206 g/mol. The normalized spacial score (nSPS) is 23.1. The minimum absolute atomic E-state index is 0.185. The second-order valence-electron chi connectivity index (χ2n) is 4.85. The Morgan fingerprint density at radius 1 is 0.882 bits per heavy atom. The van der Waals surface area contributed by atoms with Gasteiger partial charge in [-0.2, -0.15) is 0 Å². The van der Waals surface area contributed by atoms with Crippen LogP contribution in [-0.2, 0) is 6.42 Å². The molecule has 1 aliphatic rings. The molecule has 0 aliphatic heterocycles. The monoisotopic (exact) mass is 223 g/mol. The lowest BCUT2D eigenvalue weighted by atomic mass is 9.78. The summed E-state index contributed by atoms with van der Waals surface area (Å²) >= 11 is 0. The Morgan fingerprint density at radius 2 is 1.59 bits per heavy atom. The van der Waals surface area contributed by atoms with Gasteiger partial charge >= 0.3 is 0 Å². The number of rotatable bonds is 1. The van der Waals surface area contributed by atoms with E-state index >= 15 is 0 Å². The van der Waals surface area contributed by atoms with E-state index in [1.807, 2.05) is 0 Å². The van der Waals surface area contributed by atoms with Crippen molar-refractivity contribution in [3.05, 3.63) is 71.3 Å². The number of nitrogens with two attached hydrogens (primary N) is 1. The maximum absolute atomic E-state index is 6.27. The topological polar surface area (TPSA) is 26.0 Å². The van der Waals surface area contributed by atoms with Gasteiger partial charge in [-0.3, -0.25) is 0 Å². The van der Waals surface area contributed by atoms with E-state index in [1.165, 1.54) is 16.7 Å². The maximum atomic E-state index is 6.27. The molecule has 0 unspecified atom stereocenters. The van der Waals surface area contributed by atoms with Crippen LogP contribution in [0.4, 0.5) is 0 Å². The van der Waals surface area contributed by atoms with E-state index in [-0.39, 0.29) is 6.04 Å². The summed E-state index contributed by atoms with van der Waals surface area (Å²) in [7, 11) is 0. The van der Waals surface area contributed by atoms with Crippen molar-refractivity contribution in [3.63, 3.8) is 0 Å². The largest absolute Gasteiger partial charge is 0.324 e. The average molecular weight is 223 g/mol. The summed E-state index contributed by atoms with van der Waals surface area (Å²) in [5.41, 5.74) is 10.4. The molecule has 2 N–H and O–H groups in total. The van der Waals surface area contributed by atoms with Crippen LogP contribution in [-0.4, -0.2) is 0 Å². The van der Waals surface area contributed by atoms with Crippen molar-refractivity contribution >= 4 is 0 Å². The fourth-order valence-electron chi connectivity index (χ4n) is 2.84. The van der Waals surface area contributed by atoms with Crippen LogP contribution in [0.1, 0.15) is 35.1 Å². The van der Waals surface area contributed by atoms with Gasteiger partial charge in [0, 0.05) is 6.04 Å². The van der Waals surface area contributed by atoms with Crippen molar-refractivity contribution in [1.82, 2.24) is 0 Å². The lowest BCUT2D eigenvalue weighted by molar-refractivity contribution is 0.503. The molecule has 86 valence electrons. The number of hydrogen-bond donors (Lipinski definition) is 1. The second-order valence-corrected chi connectivity index (χ2v) is 4.85. The molecular formula is C16H17N. The van der Waals surface area contributed by atoms with Gasteiger partial charge in [0.2, 0.25) is 0 Å². The van der Waals surface area contributed by atoms with Crippen LogP contribution >= 0.6 is 0 Å². The zero-order valence-corrected chi connectivity index (χ0v) is 9.84. The van der Waals surface area contributed by atoms with Crippen molar-refractivity contribution in [2.75, 3.05) is 0 Å². The number of fused-ring (bicyclic) bond motifs is 1. The van der Waals surface area contributed by atoms with Crippen LogP contribution in [0.2, 0.25) is 0 Å². The van der Waals surface area contributed by atoms with Crippen molar-refractivity contribution < 1.29 is 0 Å². The molecule has 0 heterocycles. The fraction of sp³-hybridized carbons (Fsp3) is 0.250. The Morgan fingerprint density at radius 3 is 2.41 bits per heavy atom. The highest BCUT2D eigenvalue weighted by molar-refractivity contribution is 5.36.